The van der Waals surface area contributed by atoms with Gasteiger partial charge in [0.2, 0.25) is 0 Å². The van der Waals surface area contributed by atoms with Crippen molar-refractivity contribution in [1.82, 2.24) is 5.32 Å². The normalized spacial score (nSPS) is 11.2. The van der Waals surface area contributed by atoms with Gasteiger partial charge in [0.1, 0.15) is 11.6 Å². The lowest BCUT2D eigenvalue weighted by Gasteiger charge is -2.19. The molecule has 0 saturated heterocycles. The lowest BCUT2D eigenvalue weighted by atomic mass is 10.1. The fourth-order valence-electron chi connectivity index (χ4n) is 2.24. The minimum Gasteiger partial charge on any atom is -0.345 e. The second-order valence-corrected chi connectivity index (χ2v) is 8.39. The first-order chi connectivity index (χ1) is 12.4. The Morgan fingerprint density at radius 1 is 1.00 bits per heavy atom. The lowest BCUT2D eigenvalue weighted by molar-refractivity contribution is -0.118. The van der Waals surface area contributed by atoms with E-state index in [-0.39, 0.29) is 21.7 Å². The second kappa shape index (κ2) is 7.56. The smallest absolute Gasteiger partial charge is 0.293 e. The maximum Gasteiger partial charge on any atom is 0.293 e. The Morgan fingerprint density at radius 2 is 1.56 bits per heavy atom. The third kappa shape index (κ3) is 4.97. The first-order valence-electron chi connectivity index (χ1n) is 8.13. The van der Waals surface area contributed by atoms with E-state index >= 15 is 0 Å². The molecule has 0 aliphatic rings. The molecule has 144 valence electrons. The molecule has 0 fully saturated rings. The van der Waals surface area contributed by atoms with Crippen LogP contribution in [0.15, 0.2) is 18.2 Å². The average Bonchev–Trinajstić information content (AvgIpc) is 2.92. The second-order valence-electron chi connectivity index (χ2n) is 7.13. The van der Waals surface area contributed by atoms with Crippen molar-refractivity contribution in [2.24, 2.45) is 0 Å². The quantitative estimate of drug-likeness (QED) is 0.608. The van der Waals surface area contributed by atoms with E-state index in [1.54, 1.807) is 27.7 Å². The summed E-state index contributed by atoms with van der Waals surface area (Å²) >= 11 is 1.01. The number of aryl methyl sites for hydroxylation is 1. The van der Waals surface area contributed by atoms with Crippen molar-refractivity contribution in [2.45, 2.75) is 40.2 Å². The molecule has 0 radical (unpaired) electrons. The number of hydrogen-bond donors (Lipinski definition) is 2. The van der Waals surface area contributed by atoms with Gasteiger partial charge < -0.3 is 10.6 Å². The van der Waals surface area contributed by atoms with E-state index in [0.29, 0.717) is 4.88 Å². The van der Waals surface area contributed by atoms with Gasteiger partial charge in [-0.15, -0.1) is 11.3 Å². The van der Waals surface area contributed by atoms with E-state index in [0.717, 1.165) is 23.5 Å². The number of ketones is 1. The number of anilines is 1. The highest BCUT2D eigenvalue weighted by Crippen LogP contribution is 2.24. The molecule has 8 heteroatoms. The molecule has 1 aromatic carbocycles. The van der Waals surface area contributed by atoms with Crippen LogP contribution >= 0.6 is 11.3 Å². The summed E-state index contributed by atoms with van der Waals surface area (Å²) in [5.74, 6) is -3.69. The molecule has 0 bridgehead atoms. The molecule has 0 saturated carbocycles. The van der Waals surface area contributed by atoms with Crippen molar-refractivity contribution in [3.8, 4) is 0 Å². The number of halogens is 2. The predicted molar refractivity (Wildman–Crippen MR) is 100 cm³/mol. The third-order valence-corrected chi connectivity index (χ3v) is 4.67. The van der Waals surface area contributed by atoms with E-state index < -0.39 is 34.8 Å². The monoisotopic (exact) mass is 394 g/mol. The highest BCUT2D eigenvalue weighted by molar-refractivity contribution is 7.15. The van der Waals surface area contributed by atoms with Gasteiger partial charge in [-0.3, -0.25) is 14.4 Å². The lowest BCUT2D eigenvalue weighted by Crippen LogP contribution is -2.44. The number of hydrogen-bond acceptors (Lipinski definition) is 4. The van der Waals surface area contributed by atoms with Crippen molar-refractivity contribution in [2.75, 3.05) is 5.32 Å². The topological polar surface area (TPSA) is 75.3 Å². The minimum atomic E-state index is -0.776. The van der Waals surface area contributed by atoms with Crippen LogP contribution in [0.2, 0.25) is 0 Å². The summed E-state index contributed by atoms with van der Waals surface area (Å²) in [4.78, 5) is 37.3. The van der Waals surface area contributed by atoms with Crippen molar-refractivity contribution in [3.63, 3.8) is 0 Å². The fourth-order valence-corrected chi connectivity index (χ4v) is 3.20. The summed E-state index contributed by atoms with van der Waals surface area (Å²) < 4.78 is 27.3. The van der Waals surface area contributed by atoms with Crippen molar-refractivity contribution in [3.05, 3.63) is 50.7 Å². The zero-order chi connectivity index (χ0) is 20.5. The zero-order valence-electron chi connectivity index (χ0n) is 15.6. The predicted octanol–water partition coefficient (Wildman–Crippen LogP) is 3.99. The van der Waals surface area contributed by atoms with E-state index in [9.17, 15) is 23.2 Å². The van der Waals surface area contributed by atoms with Gasteiger partial charge in [-0.05, 0) is 52.8 Å². The molecular weight excluding hydrogens is 374 g/mol. The molecule has 1 heterocycles. The third-order valence-electron chi connectivity index (χ3n) is 3.62. The molecule has 0 aliphatic heterocycles. The van der Waals surface area contributed by atoms with Gasteiger partial charge in [0, 0.05) is 21.7 Å². The van der Waals surface area contributed by atoms with Crippen LogP contribution in [0.4, 0.5) is 14.5 Å². The first kappa shape index (κ1) is 20.7. The van der Waals surface area contributed by atoms with Gasteiger partial charge in [-0.25, -0.2) is 8.78 Å². The maximum absolute atomic E-state index is 13.6. The Bertz CT molecular complexity index is 907. The molecule has 2 aromatic rings. The van der Waals surface area contributed by atoms with Crippen LogP contribution in [-0.2, 0) is 4.79 Å². The van der Waals surface area contributed by atoms with Crippen molar-refractivity contribution >= 4 is 34.6 Å². The number of Topliss-reactive ketones (excluding diaryl/α,β-unsaturated/α-hetero) is 1. The number of nitrogens with one attached hydrogen (secondary N) is 2. The molecule has 0 aliphatic carbocycles. The van der Waals surface area contributed by atoms with Crippen LogP contribution in [0.5, 0.6) is 0 Å². The van der Waals surface area contributed by atoms with E-state index in [2.05, 4.69) is 10.6 Å². The molecule has 1 aromatic heterocycles. The molecule has 0 unspecified atom stereocenters. The summed E-state index contributed by atoms with van der Waals surface area (Å²) in [5, 5.41) is 4.97. The minimum absolute atomic E-state index is 0.0375. The zero-order valence-corrected chi connectivity index (χ0v) is 16.4. The number of carbonyl (C=O) groups is 3. The van der Waals surface area contributed by atoms with Crippen molar-refractivity contribution in [1.29, 1.82) is 0 Å². The molecule has 0 spiro atoms. The summed E-state index contributed by atoms with van der Waals surface area (Å²) in [6.07, 6.45) is 0. The number of benzene rings is 1. The summed E-state index contributed by atoms with van der Waals surface area (Å²) in [5.41, 5.74) is -0.589. The molecule has 0 atom stereocenters. The number of rotatable bonds is 4. The summed E-state index contributed by atoms with van der Waals surface area (Å²) in [6, 6.07) is 3.34. The van der Waals surface area contributed by atoms with E-state index in [1.807, 2.05) is 0 Å². The Morgan fingerprint density at radius 3 is 2.07 bits per heavy atom. The number of amides is 2. The van der Waals surface area contributed by atoms with Gasteiger partial charge >= 0.3 is 0 Å². The number of carbonyl (C=O) groups excluding carboxylic acids is 3. The number of thiophene rings is 1. The Hall–Kier alpha value is -2.61. The first-order valence-corrected chi connectivity index (χ1v) is 8.95. The molecule has 27 heavy (non-hydrogen) atoms. The van der Waals surface area contributed by atoms with Gasteiger partial charge in [0.15, 0.2) is 0 Å². The highest BCUT2D eigenvalue weighted by Gasteiger charge is 2.25. The summed E-state index contributed by atoms with van der Waals surface area (Å²) in [7, 11) is 0. The van der Waals surface area contributed by atoms with Crippen LogP contribution in [-0.4, -0.2) is 23.1 Å². The average molecular weight is 394 g/mol. The van der Waals surface area contributed by atoms with Gasteiger partial charge in [-0.2, -0.15) is 0 Å². The van der Waals surface area contributed by atoms with Crippen LogP contribution in [0, 0.1) is 25.5 Å². The van der Waals surface area contributed by atoms with E-state index in [1.165, 1.54) is 13.0 Å². The van der Waals surface area contributed by atoms with Crippen LogP contribution in [0.25, 0.3) is 0 Å². The fraction of sp³-hybridized carbons (Fsp3) is 0.316. The van der Waals surface area contributed by atoms with E-state index in [4.69, 9.17) is 0 Å². The maximum atomic E-state index is 13.6. The van der Waals surface area contributed by atoms with Crippen LogP contribution in [0.1, 0.15) is 51.2 Å². The Kier molecular flexibility index (Phi) is 5.79. The molecule has 5 nitrogen and oxygen atoms in total. The van der Waals surface area contributed by atoms with Gasteiger partial charge in [0.25, 0.3) is 17.6 Å². The Labute approximate surface area is 159 Å². The standard InChI is InChI=1S/C19H20F2N2O3S/c1-9-13(20)6-11(7-14(9)21)22-17(25)12-8-15(27-10(12)2)16(24)18(26)23-19(3,4)5/h6-8H,1-5H3,(H,22,25)(H,23,26). The molecule has 2 N–H and O–H groups in total. The van der Waals surface area contributed by atoms with Gasteiger partial charge in [-0.1, -0.05) is 0 Å². The largest absolute Gasteiger partial charge is 0.345 e. The van der Waals surface area contributed by atoms with Gasteiger partial charge in [0.05, 0.1) is 10.4 Å². The summed E-state index contributed by atoms with van der Waals surface area (Å²) in [6.45, 7) is 8.15. The molecule has 2 amide bonds. The van der Waals surface area contributed by atoms with Crippen molar-refractivity contribution < 1.29 is 23.2 Å². The highest BCUT2D eigenvalue weighted by atomic mass is 32.1. The SMILES string of the molecule is Cc1sc(C(=O)C(=O)NC(C)(C)C)cc1C(=O)Nc1cc(F)c(C)c(F)c1. The molecule has 2 rings (SSSR count). The van der Waals surface area contributed by atoms with Crippen LogP contribution < -0.4 is 10.6 Å². The molecular formula is C19H20F2N2O3S. The van der Waals surface area contributed by atoms with Crippen LogP contribution in [0.3, 0.4) is 0 Å². The Balaban J connectivity index is 2.22.